The van der Waals surface area contributed by atoms with Gasteiger partial charge in [-0.15, -0.1) is 11.3 Å². The van der Waals surface area contributed by atoms with Gasteiger partial charge in [0.05, 0.1) is 9.90 Å². The number of anilines is 1. The van der Waals surface area contributed by atoms with E-state index in [9.17, 15) is 18.0 Å². The molecule has 3 amide bonds. The summed E-state index contributed by atoms with van der Waals surface area (Å²) in [6.45, 7) is 1.56. The first kappa shape index (κ1) is 21.3. The number of primary sulfonamides is 1. The maximum absolute atomic E-state index is 12.4. The lowest BCUT2D eigenvalue weighted by atomic mass is 9.96. The molecule has 2 aromatic rings. The van der Waals surface area contributed by atoms with Gasteiger partial charge in [-0.2, -0.15) is 0 Å². The Balaban J connectivity index is 1.39. The van der Waals surface area contributed by atoms with Crippen molar-refractivity contribution < 1.29 is 18.0 Å². The first-order valence-corrected chi connectivity index (χ1v) is 11.7. The van der Waals surface area contributed by atoms with E-state index >= 15 is 0 Å². The highest BCUT2D eigenvalue weighted by Gasteiger charge is 2.27. The summed E-state index contributed by atoms with van der Waals surface area (Å²) < 4.78 is 22.5. The molecule has 0 aliphatic carbocycles. The molecule has 2 heterocycles. The molecular formula is C19H24N4O4S2. The number of carbonyl (C=O) groups is 2. The molecule has 1 aliphatic rings. The van der Waals surface area contributed by atoms with Crippen molar-refractivity contribution >= 4 is 38.3 Å². The van der Waals surface area contributed by atoms with Crippen LogP contribution in [0.25, 0.3) is 0 Å². The van der Waals surface area contributed by atoms with Gasteiger partial charge in [0.2, 0.25) is 15.9 Å². The Kier molecular flexibility index (Phi) is 6.88. The number of benzene rings is 1. The molecule has 1 fully saturated rings. The maximum Gasteiger partial charge on any atom is 0.322 e. The Morgan fingerprint density at radius 1 is 1.14 bits per heavy atom. The number of hydrogen-bond acceptors (Lipinski definition) is 5. The third kappa shape index (κ3) is 6.02. The van der Waals surface area contributed by atoms with E-state index in [2.05, 4.69) is 10.6 Å². The number of likely N-dealkylation sites (tertiary alicyclic amines) is 1. The number of rotatable bonds is 6. The Morgan fingerprint density at radius 3 is 2.41 bits per heavy atom. The van der Waals surface area contributed by atoms with E-state index in [0.717, 1.165) is 10.6 Å². The zero-order chi connectivity index (χ0) is 20.9. The van der Waals surface area contributed by atoms with Crippen LogP contribution in [0.2, 0.25) is 0 Å². The van der Waals surface area contributed by atoms with Gasteiger partial charge in [0.15, 0.2) is 0 Å². The van der Waals surface area contributed by atoms with Crippen molar-refractivity contribution in [1.29, 1.82) is 0 Å². The minimum Gasteiger partial charge on any atom is -0.356 e. The van der Waals surface area contributed by atoms with Crippen LogP contribution in [0.5, 0.6) is 0 Å². The van der Waals surface area contributed by atoms with Crippen molar-refractivity contribution in [3.05, 3.63) is 47.3 Å². The molecule has 1 aliphatic heterocycles. The van der Waals surface area contributed by atoms with E-state index in [4.69, 9.17) is 5.14 Å². The second-order valence-electron chi connectivity index (χ2n) is 6.90. The van der Waals surface area contributed by atoms with E-state index in [1.165, 1.54) is 23.5 Å². The maximum atomic E-state index is 12.4. The summed E-state index contributed by atoms with van der Waals surface area (Å²) in [6, 6.07) is 9.91. The van der Waals surface area contributed by atoms with Gasteiger partial charge in [-0.25, -0.2) is 18.4 Å². The van der Waals surface area contributed by atoms with Gasteiger partial charge in [-0.05, 0) is 54.5 Å². The molecule has 1 aromatic heterocycles. The summed E-state index contributed by atoms with van der Waals surface area (Å²) >= 11 is 1.47. The molecule has 1 aromatic carbocycles. The van der Waals surface area contributed by atoms with Crippen LogP contribution in [-0.2, 0) is 21.2 Å². The Labute approximate surface area is 174 Å². The molecule has 4 N–H and O–H groups in total. The third-order valence-electron chi connectivity index (χ3n) is 4.87. The molecule has 0 saturated carbocycles. The summed E-state index contributed by atoms with van der Waals surface area (Å²) in [7, 11) is -3.70. The van der Waals surface area contributed by atoms with Crippen LogP contribution in [0, 0.1) is 5.92 Å². The van der Waals surface area contributed by atoms with Crippen molar-refractivity contribution in [2.75, 3.05) is 25.0 Å². The first-order valence-electron chi connectivity index (χ1n) is 9.32. The van der Waals surface area contributed by atoms with Crippen LogP contribution < -0.4 is 15.8 Å². The molecule has 0 atom stereocenters. The SMILES string of the molecule is NS(=O)(=O)c1ccc(CCNC(=O)C2CCN(C(=O)Nc3cccs3)CC2)cc1. The number of sulfonamides is 1. The number of nitrogens with one attached hydrogen (secondary N) is 2. The summed E-state index contributed by atoms with van der Waals surface area (Å²) in [4.78, 5) is 26.4. The molecular weight excluding hydrogens is 412 g/mol. The van der Waals surface area contributed by atoms with E-state index in [-0.39, 0.29) is 22.8 Å². The lowest BCUT2D eigenvalue weighted by Crippen LogP contribution is -2.44. The summed E-state index contributed by atoms with van der Waals surface area (Å²) in [6.07, 6.45) is 1.86. The number of thiophene rings is 1. The molecule has 3 rings (SSSR count). The molecule has 156 valence electrons. The van der Waals surface area contributed by atoms with Crippen molar-refractivity contribution in [3.63, 3.8) is 0 Å². The van der Waals surface area contributed by atoms with Gasteiger partial charge in [0, 0.05) is 25.6 Å². The highest BCUT2D eigenvalue weighted by Crippen LogP contribution is 2.20. The minimum absolute atomic E-state index is 0.00975. The van der Waals surface area contributed by atoms with Gasteiger partial charge in [-0.1, -0.05) is 12.1 Å². The fraction of sp³-hybridized carbons (Fsp3) is 0.368. The van der Waals surface area contributed by atoms with E-state index in [0.29, 0.717) is 38.9 Å². The smallest absolute Gasteiger partial charge is 0.322 e. The molecule has 1 saturated heterocycles. The monoisotopic (exact) mass is 436 g/mol. The predicted octanol–water partition coefficient (Wildman–Crippen LogP) is 2.00. The largest absolute Gasteiger partial charge is 0.356 e. The third-order valence-corrected chi connectivity index (χ3v) is 6.58. The number of piperidine rings is 1. The van der Waals surface area contributed by atoms with Crippen LogP contribution in [-0.4, -0.2) is 44.9 Å². The van der Waals surface area contributed by atoms with Crippen LogP contribution >= 0.6 is 11.3 Å². The summed E-state index contributed by atoms with van der Waals surface area (Å²) in [5.74, 6) is -0.116. The normalized spacial score (nSPS) is 15.1. The Hall–Kier alpha value is -2.43. The number of nitrogens with two attached hydrogens (primary N) is 1. The van der Waals surface area contributed by atoms with Crippen LogP contribution in [0.15, 0.2) is 46.7 Å². The minimum atomic E-state index is -3.70. The van der Waals surface area contributed by atoms with E-state index in [1.807, 2.05) is 17.5 Å². The average molecular weight is 437 g/mol. The van der Waals surface area contributed by atoms with Crippen LogP contribution in [0.3, 0.4) is 0 Å². The zero-order valence-corrected chi connectivity index (χ0v) is 17.5. The fourth-order valence-corrected chi connectivity index (χ4v) is 4.32. The number of amides is 3. The molecule has 0 spiro atoms. The summed E-state index contributed by atoms with van der Waals surface area (Å²) in [5.41, 5.74) is 0.915. The number of hydrogen-bond donors (Lipinski definition) is 3. The first-order chi connectivity index (χ1) is 13.8. The highest BCUT2D eigenvalue weighted by molar-refractivity contribution is 7.89. The standard InChI is InChI=1S/C19H24N4O4S2/c20-29(26,27)16-5-3-14(4-6-16)7-10-21-18(24)15-8-11-23(12-9-15)19(25)22-17-2-1-13-28-17/h1-6,13,15H,7-12H2,(H,21,24)(H,22,25)(H2,20,26,27). The quantitative estimate of drug-likeness (QED) is 0.641. The number of nitrogens with zero attached hydrogens (tertiary/aromatic N) is 1. The molecule has 29 heavy (non-hydrogen) atoms. The lowest BCUT2D eigenvalue weighted by Gasteiger charge is -2.31. The number of urea groups is 1. The predicted molar refractivity (Wildman–Crippen MR) is 112 cm³/mol. The van der Waals surface area contributed by atoms with Crippen molar-refractivity contribution in [1.82, 2.24) is 10.2 Å². The fourth-order valence-electron chi connectivity index (χ4n) is 3.20. The van der Waals surface area contributed by atoms with Crippen molar-refractivity contribution in [2.45, 2.75) is 24.2 Å². The molecule has 0 unspecified atom stereocenters. The second kappa shape index (κ2) is 9.38. The van der Waals surface area contributed by atoms with Crippen molar-refractivity contribution in [2.24, 2.45) is 11.1 Å². The van der Waals surface area contributed by atoms with Gasteiger partial charge >= 0.3 is 6.03 Å². The van der Waals surface area contributed by atoms with Gasteiger partial charge in [0.25, 0.3) is 0 Å². The van der Waals surface area contributed by atoms with Gasteiger partial charge < -0.3 is 10.2 Å². The van der Waals surface area contributed by atoms with Crippen LogP contribution in [0.4, 0.5) is 9.80 Å². The topological polar surface area (TPSA) is 122 Å². The Bertz CT molecular complexity index is 935. The van der Waals surface area contributed by atoms with Crippen molar-refractivity contribution in [3.8, 4) is 0 Å². The average Bonchev–Trinajstić information content (AvgIpc) is 3.21. The van der Waals surface area contributed by atoms with E-state index < -0.39 is 10.0 Å². The Morgan fingerprint density at radius 2 is 1.83 bits per heavy atom. The molecule has 10 heteroatoms. The van der Waals surface area contributed by atoms with Gasteiger partial charge in [0.1, 0.15) is 0 Å². The van der Waals surface area contributed by atoms with Crippen LogP contribution in [0.1, 0.15) is 18.4 Å². The molecule has 8 nitrogen and oxygen atoms in total. The number of carbonyl (C=O) groups excluding carboxylic acids is 2. The van der Waals surface area contributed by atoms with Gasteiger partial charge in [-0.3, -0.25) is 10.1 Å². The summed E-state index contributed by atoms with van der Waals surface area (Å²) in [5, 5.41) is 13.6. The highest BCUT2D eigenvalue weighted by atomic mass is 32.2. The molecule has 0 bridgehead atoms. The molecule has 0 radical (unpaired) electrons. The van der Waals surface area contributed by atoms with E-state index in [1.54, 1.807) is 17.0 Å². The zero-order valence-electron chi connectivity index (χ0n) is 15.8. The lowest BCUT2D eigenvalue weighted by molar-refractivity contribution is -0.126. The second-order valence-corrected chi connectivity index (χ2v) is 9.41.